The summed E-state index contributed by atoms with van der Waals surface area (Å²) in [6.45, 7) is 2.01. The van der Waals surface area contributed by atoms with E-state index in [1.165, 1.54) is 0 Å². The van der Waals surface area contributed by atoms with Crippen LogP contribution >= 0.6 is 12.4 Å². The highest BCUT2D eigenvalue weighted by Crippen LogP contribution is 2.34. The highest BCUT2D eigenvalue weighted by Gasteiger charge is 2.35. The molecule has 3 fully saturated rings. The summed E-state index contributed by atoms with van der Waals surface area (Å²) < 4.78 is 0. The van der Waals surface area contributed by atoms with Crippen LogP contribution in [-0.2, 0) is 0 Å². The van der Waals surface area contributed by atoms with E-state index < -0.39 is 0 Å². The molecular formula is C14H17ClN2O2. The van der Waals surface area contributed by atoms with E-state index >= 15 is 0 Å². The van der Waals surface area contributed by atoms with Gasteiger partial charge in [-0.05, 0) is 25.0 Å². The molecule has 2 N–H and O–H groups in total. The normalized spacial score (nSPS) is 22.8. The first kappa shape index (κ1) is 13.7. The van der Waals surface area contributed by atoms with E-state index in [0.29, 0.717) is 5.92 Å². The van der Waals surface area contributed by atoms with Crippen molar-refractivity contribution >= 4 is 24.2 Å². The molecule has 4 rings (SSSR count). The molecule has 0 aliphatic carbocycles. The van der Waals surface area contributed by atoms with E-state index in [1.807, 2.05) is 18.2 Å². The smallest absolute Gasteiger partial charge is 0.122 e. The van der Waals surface area contributed by atoms with Crippen LogP contribution in [0.1, 0.15) is 18.4 Å². The third-order valence-corrected chi connectivity index (χ3v) is 3.82. The molecular weight excluding hydrogens is 264 g/mol. The Kier molecular flexibility index (Phi) is 4.00. The maximum Gasteiger partial charge on any atom is 0.122 e. The Labute approximate surface area is 118 Å². The van der Waals surface area contributed by atoms with Crippen LogP contribution in [0.3, 0.4) is 0 Å². The summed E-state index contributed by atoms with van der Waals surface area (Å²) in [5.41, 5.74) is 2.47. The number of allylic oxidation sites excluding steroid dienone is 1. The van der Waals surface area contributed by atoms with Crippen LogP contribution in [0.25, 0.3) is 6.08 Å². The lowest BCUT2D eigenvalue weighted by atomic mass is 9.83. The third kappa shape index (κ3) is 2.40. The van der Waals surface area contributed by atoms with Crippen LogP contribution in [0.15, 0.2) is 35.1 Å². The Morgan fingerprint density at radius 3 is 2.53 bits per heavy atom. The zero-order valence-electron chi connectivity index (χ0n) is 10.5. The molecule has 3 saturated heterocycles. The summed E-state index contributed by atoms with van der Waals surface area (Å²) in [5.74, 6) is 0.613. The summed E-state index contributed by atoms with van der Waals surface area (Å²) in [5, 5.41) is 22.5. The average Bonchev–Trinajstić information content (AvgIpc) is 2.42. The number of nitrogens with zero attached hydrogens (tertiary/aromatic N) is 2. The lowest BCUT2D eigenvalue weighted by Gasteiger charge is -2.42. The summed E-state index contributed by atoms with van der Waals surface area (Å²) in [7, 11) is 0. The van der Waals surface area contributed by atoms with Gasteiger partial charge in [0.1, 0.15) is 11.5 Å². The maximum atomic E-state index is 9.80. The molecule has 0 atom stereocenters. The molecule has 0 unspecified atom stereocenters. The van der Waals surface area contributed by atoms with Crippen molar-refractivity contribution in [2.45, 2.75) is 12.8 Å². The van der Waals surface area contributed by atoms with Gasteiger partial charge in [0.25, 0.3) is 0 Å². The molecule has 102 valence electrons. The number of phenolic OH excluding ortho intramolecular Hbond substituents is 1. The lowest BCUT2D eigenvalue weighted by Crippen LogP contribution is -2.46. The molecule has 3 aliphatic rings. The average molecular weight is 281 g/mol. The Bertz CT molecular complexity index is 520. The van der Waals surface area contributed by atoms with Crippen molar-refractivity contribution in [3.05, 3.63) is 35.5 Å². The minimum absolute atomic E-state index is 0. The molecule has 0 saturated carbocycles. The fourth-order valence-electron chi connectivity index (χ4n) is 2.82. The molecule has 19 heavy (non-hydrogen) atoms. The van der Waals surface area contributed by atoms with E-state index in [1.54, 1.807) is 12.1 Å². The quantitative estimate of drug-likeness (QED) is 0.614. The number of hydrogen-bond acceptors (Lipinski definition) is 4. The zero-order valence-corrected chi connectivity index (χ0v) is 11.3. The predicted octanol–water partition coefficient (Wildman–Crippen LogP) is 2.71. The summed E-state index contributed by atoms with van der Waals surface area (Å²) in [6.07, 6.45) is 4.02. The first-order valence-corrected chi connectivity index (χ1v) is 6.26. The topological polar surface area (TPSA) is 56.1 Å². The summed E-state index contributed by atoms with van der Waals surface area (Å²) in [6, 6.07) is 7.21. The summed E-state index contributed by atoms with van der Waals surface area (Å²) in [4.78, 5) is 2.22. The number of oxime groups is 1. The van der Waals surface area contributed by atoms with E-state index in [4.69, 9.17) is 0 Å². The van der Waals surface area contributed by atoms with Crippen molar-refractivity contribution < 1.29 is 10.3 Å². The van der Waals surface area contributed by atoms with E-state index in [2.05, 4.69) is 10.1 Å². The number of piperidine rings is 3. The van der Waals surface area contributed by atoms with Gasteiger partial charge in [-0.2, -0.15) is 0 Å². The standard InChI is InChI=1S/C14H16N2O2.ClH/c17-13-4-2-1-3-11(13)9-12-14(15-18)10-5-7-16(12)8-6-10;/h1-4,9-10,17-18H,5-8H2;1H/b12-9-,15-14-;. The molecule has 5 heteroatoms. The van der Waals surface area contributed by atoms with Crippen LogP contribution in [-0.4, -0.2) is 34.0 Å². The predicted molar refractivity (Wildman–Crippen MR) is 76.9 cm³/mol. The number of para-hydroxylation sites is 1. The molecule has 2 bridgehead atoms. The maximum absolute atomic E-state index is 9.80. The SMILES string of the molecule is Cl.O/N=C1\C(=C\c2ccccc2O)N2CCC1CC2. The zero-order chi connectivity index (χ0) is 12.5. The van der Waals surface area contributed by atoms with Gasteiger partial charge in [0.05, 0.1) is 5.70 Å². The molecule has 0 spiro atoms. The van der Waals surface area contributed by atoms with Gasteiger partial charge >= 0.3 is 0 Å². The van der Waals surface area contributed by atoms with Gasteiger partial charge < -0.3 is 15.2 Å². The van der Waals surface area contributed by atoms with Gasteiger partial charge in [-0.3, -0.25) is 0 Å². The van der Waals surface area contributed by atoms with Crippen molar-refractivity contribution in [3.63, 3.8) is 0 Å². The Morgan fingerprint density at radius 2 is 1.89 bits per heavy atom. The van der Waals surface area contributed by atoms with Gasteiger partial charge in [0.15, 0.2) is 0 Å². The number of hydrogen-bond donors (Lipinski definition) is 2. The second-order valence-corrected chi connectivity index (χ2v) is 4.83. The monoisotopic (exact) mass is 280 g/mol. The Morgan fingerprint density at radius 1 is 1.21 bits per heavy atom. The van der Waals surface area contributed by atoms with Gasteiger partial charge in [-0.25, -0.2) is 0 Å². The number of halogens is 1. The fraction of sp³-hybridized carbons (Fsp3) is 0.357. The lowest BCUT2D eigenvalue weighted by molar-refractivity contribution is 0.229. The molecule has 3 aliphatic heterocycles. The molecule has 4 nitrogen and oxygen atoms in total. The number of rotatable bonds is 1. The Hall–Kier alpha value is -1.68. The highest BCUT2D eigenvalue weighted by molar-refractivity contribution is 6.05. The highest BCUT2D eigenvalue weighted by atomic mass is 35.5. The van der Waals surface area contributed by atoms with Gasteiger partial charge in [0, 0.05) is 24.6 Å². The van der Waals surface area contributed by atoms with Crippen molar-refractivity contribution in [1.82, 2.24) is 4.90 Å². The minimum Gasteiger partial charge on any atom is -0.507 e. The molecule has 0 amide bonds. The van der Waals surface area contributed by atoms with Gasteiger partial charge in [0.2, 0.25) is 0 Å². The van der Waals surface area contributed by atoms with Gasteiger partial charge in [-0.15, -0.1) is 12.4 Å². The molecule has 1 aromatic rings. The van der Waals surface area contributed by atoms with Crippen LogP contribution in [0.5, 0.6) is 5.75 Å². The molecule has 0 radical (unpaired) electrons. The number of benzene rings is 1. The minimum atomic E-state index is 0. The van der Waals surface area contributed by atoms with Crippen LogP contribution < -0.4 is 0 Å². The fourth-order valence-corrected chi connectivity index (χ4v) is 2.82. The third-order valence-electron chi connectivity index (χ3n) is 3.82. The number of phenols is 1. The first-order valence-electron chi connectivity index (χ1n) is 6.26. The number of fused-ring (bicyclic) bond motifs is 3. The second kappa shape index (κ2) is 5.53. The van der Waals surface area contributed by atoms with Crippen molar-refractivity contribution in [3.8, 4) is 5.75 Å². The molecule has 0 aromatic heterocycles. The van der Waals surface area contributed by atoms with E-state index in [9.17, 15) is 10.3 Å². The van der Waals surface area contributed by atoms with Crippen molar-refractivity contribution in [2.24, 2.45) is 11.1 Å². The van der Waals surface area contributed by atoms with Gasteiger partial charge in [-0.1, -0.05) is 23.4 Å². The number of aromatic hydroxyl groups is 1. The summed E-state index contributed by atoms with van der Waals surface area (Å²) >= 11 is 0. The van der Waals surface area contributed by atoms with E-state index in [0.717, 1.165) is 42.9 Å². The van der Waals surface area contributed by atoms with Crippen molar-refractivity contribution in [2.75, 3.05) is 13.1 Å². The molecule has 3 heterocycles. The first-order chi connectivity index (χ1) is 8.79. The largest absolute Gasteiger partial charge is 0.507 e. The van der Waals surface area contributed by atoms with E-state index in [-0.39, 0.29) is 18.2 Å². The van der Waals surface area contributed by atoms with Crippen LogP contribution in [0.2, 0.25) is 0 Å². The van der Waals surface area contributed by atoms with Crippen LogP contribution in [0.4, 0.5) is 0 Å². The van der Waals surface area contributed by atoms with Crippen LogP contribution in [0, 0.1) is 5.92 Å². The Balaban J connectivity index is 0.00000133. The second-order valence-electron chi connectivity index (χ2n) is 4.83. The molecule has 1 aromatic carbocycles. The van der Waals surface area contributed by atoms with Crippen molar-refractivity contribution in [1.29, 1.82) is 0 Å².